The summed E-state index contributed by atoms with van der Waals surface area (Å²) in [5, 5.41) is 8.90. The molecule has 3 aromatic carbocycles. The Morgan fingerprint density at radius 2 is 1.65 bits per heavy atom. The van der Waals surface area contributed by atoms with Crippen molar-refractivity contribution in [3.8, 4) is 0 Å². The van der Waals surface area contributed by atoms with E-state index in [4.69, 9.17) is 0 Å². The molecule has 0 radical (unpaired) electrons. The molecule has 5 heterocycles. The van der Waals surface area contributed by atoms with Gasteiger partial charge in [0.25, 0.3) is 0 Å². The van der Waals surface area contributed by atoms with E-state index in [2.05, 4.69) is 75.2 Å². The van der Waals surface area contributed by atoms with Crippen molar-refractivity contribution in [3.05, 3.63) is 79.4 Å². The summed E-state index contributed by atoms with van der Waals surface area (Å²) in [5.41, 5.74) is 2.16. The number of benzene rings is 3. The maximum atomic E-state index is 4.63. The third-order valence-electron chi connectivity index (χ3n) is 6.35. The van der Waals surface area contributed by atoms with E-state index in [1.807, 2.05) is 41.3 Å². The molecule has 8 rings (SSSR count). The van der Waals surface area contributed by atoms with Crippen molar-refractivity contribution in [2.75, 3.05) is 0 Å². The van der Waals surface area contributed by atoms with Gasteiger partial charge in [-0.1, -0.05) is 24.3 Å². The summed E-state index contributed by atoms with van der Waals surface area (Å²) in [6.07, 6.45) is 7.75. The molecule has 0 unspecified atom stereocenters. The van der Waals surface area contributed by atoms with Crippen LogP contribution < -0.4 is 0 Å². The SMILES string of the molecule is c1ccc2c(c1)sc1ccc3c4cc5c(cc4sc3c12)c1cnccc1c1nccn51. The van der Waals surface area contributed by atoms with Crippen LogP contribution in [0.1, 0.15) is 0 Å². The molecule has 0 saturated carbocycles. The van der Waals surface area contributed by atoms with Crippen molar-refractivity contribution in [1.29, 1.82) is 0 Å². The number of pyridine rings is 2. The maximum Gasteiger partial charge on any atom is 0.145 e. The monoisotopic (exact) mass is 431 g/mol. The van der Waals surface area contributed by atoms with Gasteiger partial charge in [0, 0.05) is 81.3 Å². The smallest absolute Gasteiger partial charge is 0.145 e. The Bertz CT molecular complexity index is 2010. The third-order valence-corrected chi connectivity index (χ3v) is 8.67. The number of fused-ring (bicyclic) bond motifs is 13. The maximum absolute atomic E-state index is 4.63. The summed E-state index contributed by atoms with van der Waals surface area (Å²) >= 11 is 3.78. The van der Waals surface area contributed by atoms with Crippen molar-refractivity contribution >= 4 is 90.3 Å². The van der Waals surface area contributed by atoms with Gasteiger partial charge in [-0.05, 0) is 30.3 Å². The van der Waals surface area contributed by atoms with Gasteiger partial charge in [0.15, 0.2) is 0 Å². The molecule has 0 fully saturated rings. The second-order valence-corrected chi connectivity index (χ2v) is 10.1. The highest BCUT2D eigenvalue weighted by Gasteiger charge is 2.16. The van der Waals surface area contributed by atoms with Crippen LogP contribution in [-0.2, 0) is 0 Å². The van der Waals surface area contributed by atoms with Gasteiger partial charge in [-0.25, -0.2) is 4.98 Å². The van der Waals surface area contributed by atoms with Gasteiger partial charge in [0.1, 0.15) is 5.65 Å². The minimum absolute atomic E-state index is 0.981. The normalized spacial score (nSPS) is 12.5. The van der Waals surface area contributed by atoms with Crippen molar-refractivity contribution in [3.63, 3.8) is 0 Å². The molecular weight excluding hydrogens is 418 g/mol. The third kappa shape index (κ3) is 1.98. The standard InChI is InChI=1S/C26H13N3S2/c1-2-4-21-16(3-1)24-22(30-21)6-5-14-18-11-20-17(12-23(18)31-25(14)24)19-13-27-8-7-15(19)26-28-9-10-29(20)26/h1-13H. The number of aromatic nitrogens is 3. The number of hydrogen-bond donors (Lipinski definition) is 0. The lowest BCUT2D eigenvalue weighted by molar-refractivity contribution is 1.27. The first-order valence-corrected chi connectivity index (χ1v) is 11.8. The highest BCUT2D eigenvalue weighted by atomic mass is 32.1. The Hall–Kier alpha value is -3.54. The van der Waals surface area contributed by atoms with Gasteiger partial charge >= 0.3 is 0 Å². The minimum Gasteiger partial charge on any atom is -0.299 e. The molecule has 0 bridgehead atoms. The molecule has 0 aliphatic carbocycles. The molecule has 144 valence electrons. The number of rotatable bonds is 0. The summed E-state index contributed by atoms with van der Waals surface area (Å²) < 4.78 is 7.61. The van der Waals surface area contributed by atoms with E-state index in [9.17, 15) is 0 Å². The molecule has 5 aromatic heterocycles. The van der Waals surface area contributed by atoms with Crippen molar-refractivity contribution in [2.45, 2.75) is 0 Å². The minimum atomic E-state index is 0.981. The fourth-order valence-corrected chi connectivity index (χ4v) is 7.46. The van der Waals surface area contributed by atoms with Crippen molar-refractivity contribution in [2.24, 2.45) is 0 Å². The van der Waals surface area contributed by atoms with Gasteiger partial charge < -0.3 is 0 Å². The van der Waals surface area contributed by atoms with E-state index in [0.717, 1.165) is 16.4 Å². The lowest BCUT2D eigenvalue weighted by Crippen LogP contribution is -1.90. The lowest BCUT2D eigenvalue weighted by Gasteiger charge is -2.08. The summed E-state index contributed by atoms with van der Waals surface area (Å²) in [4.78, 5) is 9.05. The number of imidazole rings is 1. The fraction of sp³-hybridized carbons (Fsp3) is 0. The fourth-order valence-electron chi connectivity index (χ4n) is 4.99. The highest BCUT2D eigenvalue weighted by Crippen LogP contribution is 2.45. The van der Waals surface area contributed by atoms with E-state index in [1.54, 1.807) is 0 Å². The predicted octanol–water partition coefficient (Wildman–Crippen LogP) is 7.77. The Kier molecular flexibility index (Phi) is 2.91. The first-order chi connectivity index (χ1) is 15.4. The van der Waals surface area contributed by atoms with Crippen LogP contribution in [0.15, 0.2) is 79.4 Å². The van der Waals surface area contributed by atoms with Crippen LogP contribution in [0.3, 0.4) is 0 Å². The van der Waals surface area contributed by atoms with Crippen LogP contribution in [-0.4, -0.2) is 14.4 Å². The lowest BCUT2D eigenvalue weighted by atomic mass is 10.0. The summed E-state index contributed by atoms with van der Waals surface area (Å²) in [6.45, 7) is 0. The molecule has 0 aliphatic heterocycles. The first-order valence-electron chi connectivity index (χ1n) is 10.2. The molecule has 0 spiro atoms. The molecule has 31 heavy (non-hydrogen) atoms. The largest absolute Gasteiger partial charge is 0.299 e. The summed E-state index contributed by atoms with van der Waals surface area (Å²) in [5.74, 6) is 0. The van der Waals surface area contributed by atoms with Crippen LogP contribution >= 0.6 is 22.7 Å². The molecule has 0 N–H and O–H groups in total. The molecule has 3 nitrogen and oxygen atoms in total. The highest BCUT2D eigenvalue weighted by molar-refractivity contribution is 7.29. The number of nitrogens with zero attached hydrogens (tertiary/aromatic N) is 3. The van der Waals surface area contributed by atoms with Gasteiger partial charge in [0.2, 0.25) is 0 Å². The van der Waals surface area contributed by atoms with Crippen molar-refractivity contribution in [1.82, 2.24) is 14.4 Å². The number of thiophene rings is 2. The molecule has 5 heteroatoms. The van der Waals surface area contributed by atoms with E-state index in [1.165, 1.54) is 51.2 Å². The quantitative estimate of drug-likeness (QED) is 0.230. The molecule has 8 aromatic rings. The predicted molar refractivity (Wildman–Crippen MR) is 134 cm³/mol. The summed E-state index contributed by atoms with van der Waals surface area (Å²) in [7, 11) is 0. The van der Waals surface area contributed by atoms with E-state index < -0.39 is 0 Å². The van der Waals surface area contributed by atoms with E-state index in [-0.39, 0.29) is 0 Å². The average Bonchev–Trinajstić information content (AvgIpc) is 3.52. The summed E-state index contributed by atoms with van der Waals surface area (Å²) in [6, 6.07) is 20.1. The zero-order chi connectivity index (χ0) is 20.1. The van der Waals surface area contributed by atoms with Gasteiger partial charge in [0.05, 0.1) is 5.52 Å². The first kappa shape index (κ1) is 16.2. The second kappa shape index (κ2) is 5.58. The number of hydrogen-bond acceptors (Lipinski definition) is 4. The Labute approximate surface area is 183 Å². The van der Waals surface area contributed by atoms with Crippen LogP contribution in [0.4, 0.5) is 0 Å². The molecule has 0 atom stereocenters. The van der Waals surface area contributed by atoms with Crippen LogP contribution in [0.5, 0.6) is 0 Å². The van der Waals surface area contributed by atoms with E-state index in [0.29, 0.717) is 0 Å². The van der Waals surface area contributed by atoms with Gasteiger partial charge in [-0.2, -0.15) is 0 Å². The Morgan fingerprint density at radius 1 is 0.677 bits per heavy atom. The van der Waals surface area contributed by atoms with Crippen LogP contribution in [0.2, 0.25) is 0 Å². The van der Waals surface area contributed by atoms with Gasteiger partial charge in [-0.3, -0.25) is 9.38 Å². The Balaban J connectivity index is 1.63. The second-order valence-electron chi connectivity index (χ2n) is 7.92. The van der Waals surface area contributed by atoms with Crippen LogP contribution in [0.25, 0.3) is 67.7 Å². The molecule has 0 saturated heterocycles. The average molecular weight is 432 g/mol. The molecule has 0 amide bonds. The topological polar surface area (TPSA) is 30.2 Å². The molecule has 0 aliphatic rings. The zero-order valence-electron chi connectivity index (χ0n) is 16.2. The van der Waals surface area contributed by atoms with Crippen molar-refractivity contribution < 1.29 is 0 Å². The van der Waals surface area contributed by atoms with E-state index >= 15 is 0 Å². The van der Waals surface area contributed by atoms with Crippen LogP contribution in [0, 0.1) is 0 Å². The molecular formula is C26H13N3S2. The van der Waals surface area contributed by atoms with Gasteiger partial charge in [-0.15, -0.1) is 22.7 Å². The zero-order valence-corrected chi connectivity index (χ0v) is 17.8. The Morgan fingerprint density at radius 3 is 2.65 bits per heavy atom.